The maximum Gasteiger partial charge on any atom is 0.0621 e. The summed E-state index contributed by atoms with van der Waals surface area (Å²) in [7, 11) is 0. The molecule has 2 N–H and O–H groups in total. The van der Waals surface area contributed by atoms with Crippen LogP contribution in [0.25, 0.3) is 0 Å². The first kappa shape index (κ1) is 14.8. The average molecular weight is 281 g/mol. The van der Waals surface area contributed by atoms with Gasteiger partial charge in [0.1, 0.15) is 0 Å². The lowest BCUT2D eigenvalue weighted by Gasteiger charge is -2.42. The summed E-state index contributed by atoms with van der Waals surface area (Å²) in [4.78, 5) is 4.03. The van der Waals surface area contributed by atoms with Gasteiger partial charge in [-0.3, -0.25) is 4.98 Å². The summed E-state index contributed by atoms with van der Waals surface area (Å²) in [5.74, 6) is 0.789. The molecule has 0 atom stereocenters. The van der Waals surface area contributed by atoms with E-state index >= 15 is 0 Å². The second-order valence-electron chi connectivity index (χ2n) is 7.15. The lowest BCUT2D eigenvalue weighted by Crippen LogP contribution is -2.46. The van der Waals surface area contributed by atoms with E-state index < -0.39 is 0 Å². The fourth-order valence-corrected chi connectivity index (χ4v) is 3.35. The van der Waals surface area contributed by atoms with Crippen LogP contribution in [0.5, 0.6) is 0 Å². The van der Waals surface area contributed by atoms with Crippen molar-refractivity contribution in [1.29, 1.82) is 0 Å². The van der Waals surface area contributed by atoms with E-state index in [1.807, 2.05) is 6.07 Å². The van der Waals surface area contributed by atoms with Crippen LogP contribution >= 0.6 is 11.6 Å². The predicted molar refractivity (Wildman–Crippen MR) is 81.3 cm³/mol. The van der Waals surface area contributed by atoms with Gasteiger partial charge in [-0.2, -0.15) is 0 Å². The molecule has 2 nitrogen and oxygen atoms in total. The minimum absolute atomic E-state index is 0.0905. The standard InChI is InChI=1S/C16H25ClN2/c1-15(2,3)13-4-7-16(18,8-5-13)10-12-6-9-19-11-14(12)17/h6,9,11,13H,4-5,7-8,10,18H2,1-3H3. The normalized spacial score (nSPS) is 28.4. The zero-order chi connectivity index (χ0) is 14.1. The van der Waals surface area contributed by atoms with Crippen molar-refractivity contribution in [2.45, 2.75) is 58.4 Å². The second kappa shape index (κ2) is 5.41. The summed E-state index contributed by atoms with van der Waals surface area (Å²) in [5.41, 5.74) is 8.03. The maximum absolute atomic E-state index is 6.59. The number of nitrogens with two attached hydrogens (primary N) is 1. The molecule has 2 rings (SSSR count). The van der Waals surface area contributed by atoms with Crippen molar-refractivity contribution in [3.63, 3.8) is 0 Å². The summed E-state index contributed by atoms with van der Waals surface area (Å²) in [6.07, 6.45) is 9.00. The van der Waals surface area contributed by atoms with Crippen LogP contribution in [0.2, 0.25) is 5.02 Å². The van der Waals surface area contributed by atoms with E-state index in [0.717, 1.165) is 35.8 Å². The quantitative estimate of drug-likeness (QED) is 0.881. The van der Waals surface area contributed by atoms with Gasteiger partial charge >= 0.3 is 0 Å². The molecular weight excluding hydrogens is 256 g/mol. The van der Waals surface area contributed by atoms with E-state index in [9.17, 15) is 0 Å². The number of hydrogen-bond donors (Lipinski definition) is 1. The molecule has 0 bridgehead atoms. The highest BCUT2D eigenvalue weighted by Crippen LogP contribution is 2.41. The molecule has 0 aliphatic heterocycles. The third-order valence-electron chi connectivity index (χ3n) is 4.61. The third kappa shape index (κ3) is 3.70. The lowest BCUT2D eigenvalue weighted by atomic mass is 9.66. The highest BCUT2D eigenvalue weighted by Gasteiger charge is 2.36. The van der Waals surface area contributed by atoms with E-state index in [2.05, 4.69) is 25.8 Å². The molecule has 0 saturated heterocycles. The van der Waals surface area contributed by atoms with Crippen LogP contribution in [0.4, 0.5) is 0 Å². The first-order valence-electron chi connectivity index (χ1n) is 7.17. The maximum atomic E-state index is 6.59. The van der Waals surface area contributed by atoms with Crippen LogP contribution in [-0.4, -0.2) is 10.5 Å². The molecule has 1 saturated carbocycles. The molecule has 1 aromatic rings. The van der Waals surface area contributed by atoms with Crippen LogP contribution in [-0.2, 0) is 6.42 Å². The molecule has 1 heterocycles. The molecule has 0 spiro atoms. The zero-order valence-corrected chi connectivity index (χ0v) is 13.0. The molecule has 1 aliphatic rings. The summed E-state index contributed by atoms with van der Waals surface area (Å²) in [5, 5.41) is 0.741. The monoisotopic (exact) mass is 280 g/mol. The molecule has 3 heteroatoms. The number of hydrogen-bond acceptors (Lipinski definition) is 2. The van der Waals surface area contributed by atoms with Crippen molar-refractivity contribution in [3.05, 3.63) is 29.0 Å². The van der Waals surface area contributed by atoms with Gasteiger partial charge in [-0.1, -0.05) is 32.4 Å². The van der Waals surface area contributed by atoms with Crippen LogP contribution in [0.3, 0.4) is 0 Å². The van der Waals surface area contributed by atoms with Crippen LogP contribution in [0.1, 0.15) is 52.0 Å². The fourth-order valence-electron chi connectivity index (χ4n) is 3.16. The van der Waals surface area contributed by atoms with Crippen LogP contribution < -0.4 is 5.73 Å². The first-order valence-corrected chi connectivity index (χ1v) is 7.55. The van der Waals surface area contributed by atoms with E-state index in [0.29, 0.717) is 5.41 Å². The summed E-state index contributed by atoms with van der Waals surface area (Å²) in [6.45, 7) is 7.00. The van der Waals surface area contributed by atoms with Gasteiger partial charge in [-0.05, 0) is 55.1 Å². The smallest absolute Gasteiger partial charge is 0.0621 e. The largest absolute Gasteiger partial charge is 0.325 e. The second-order valence-corrected chi connectivity index (χ2v) is 7.55. The Balaban J connectivity index is 2.01. The minimum Gasteiger partial charge on any atom is -0.325 e. The third-order valence-corrected chi connectivity index (χ3v) is 4.95. The van der Waals surface area contributed by atoms with Crippen molar-refractivity contribution < 1.29 is 0 Å². The molecule has 0 radical (unpaired) electrons. The number of nitrogens with zero attached hydrogens (tertiary/aromatic N) is 1. The van der Waals surface area contributed by atoms with Gasteiger partial charge < -0.3 is 5.73 Å². The van der Waals surface area contributed by atoms with Gasteiger partial charge in [0.25, 0.3) is 0 Å². The van der Waals surface area contributed by atoms with Gasteiger partial charge in [0.15, 0.2) is 0 Å². The van der Waals surface area contributed by atoms with E-state index in [1.54, 1.807) is 12.4 Å². The van der Waals surface area contributed by atoms with Gasteiger partial charge in [0.05, 0.1) is 5.02 Å². The zero-order valence-electron chi connectivity index (χ0n) is 12.2. The van der Waals surface area contributed by atoms with Crippen LogP contribution in [0.15, 0.2) is 18.5 Å². The average Bonchev–Trinajstić information content (AvgIpc) is 2.31. The fraction of sp³-hybridized carbons (Fsp3) is 0.688. The van der Waals surface area contributed by atoms with Crippen molar-refractivity contribution in [2.75, 3.05) is 0 Å². The topological polar surface area (TPSA) is 38.9 Å². The minimum atomic E-state index is -0.0905. The molecule has 1 aromatic heterocycles. The SMILES string of the molecule is CC(C)(C)C1CCC(N)(Cc2ccncc2Cl)CC1. The molecule has 0 amide bonds. The van der Waals surface area contributed by atoms with Crippen molar-refractivity contribution in [2.24, 2.45) is 17.1 Å². The number of pyridine rings is 1. The lowest BCUT2D eigenvalue weighted by molar-refractivity contribution is 0.134. The molecular formula is C16H25ClN2. The Morgan fingerprint density at radius 2 is 2.00 bits per heavy atom. The first-order chi connectivity index (χ1) is 8.80. The van der Waals surface area contributed by atoms with Crippen LogP contribution in [0, 0.1) is 11.3 Å². The molecule has 106 valence electrons. The molecule has 1 fully saturated rings. The van der Waals surface area contributed by atoms with Crippen molar-refractivity contribution in [1.82, 2.24) is 4.98 Å². The van der Waals surface area contributed by atoms with Crippen molar-refractivity contribution in [3.8, 4) is 0 Å². The Morgan fingerprint density at radius 3 is 2.53 bits per heavy atom. The Morgan fingerprint density at radius 1 is 1.37 bits per heavy atom. The number of halogens is 1. The summed E-state index contributed by atoms with van der Waals surface area (Å²) < 4.78 is 0. The molecule has 19 heavy (non-hydrogen) atoms. The van der Waals surface area contributed by atoms with Crippen molar-refractivity contribution >= 4 is 11.6 Å². The molecule has 0 unspecified atom stereocenters. The Hall–Kier alpha value is -0.600. The van der Waals surface area contributed by atoms with Gasteiger partial charge in [-0.25, -0.2) is 0 Å². The molecule has 1 aliphatic carbocycles. The van der Waals surface area contributed by atoms with E-state index in [-0.39, 0.29) is 5.54 Å². The summed E-state index contributed by atoms with van der Waals surface area (Å²) in [6, 6.07) is 1.99. The van der Waals surface area contributed by atoms with E-state index in [1.165, 1.54) is 12.8 Å². The Bertz CT molecular complexity index is 429. The summed E-state index contributed by atoms with van der Waals surface area (Å²) >= 11 is 6.19. The number of aromatic nitrogens is 1. The van der Waals surface area contributed by atoms with Gasteiger partial charge in [-0.15, -0.1) is 0 Å². The Labute approximate surface area is 121 Å². The van der Waals surface area contributed by atoms with E-state index in [4.69, 9.17) is 17.3 Å². The molecule has 0 aromatic carbocycles. The number of rotatable bonds is 2. The highest BCUT2D eigenvalue weighted by molar-refractivity contribution is 6.31. The highest BCUT2D eigenvalue weighted by atomic mass is 35.5. The van der Waals surface area contributed by atoms with Gasteiger partial charge in [0, 0.05) is 17.9 Å². The predicted octanol–water partition coefficient (Wildman–Crippen LogP) is 4.21. The van der Waals surface area contributed by atoms with Gasteiger partial charge in [0.2, 0.25) is 0 Å². The Kier molecular flexibility index (Phi) is 4.22.